The van der Waals surface area contributed by atoms with Crippen molar-refractivity contribution in [3.8, 4) is 5.75 Å². The number of halogens is 3. The molecule has 228 valence electrons. The van der Waals surface area contributed by atoms with Crippen molar-refractivity contribution < 1.29 is 23.9 Å². The minimum atomic E-state index is -0.674. The fourth-order valence-electron chi connectivity index (χ4n) is 4.49. The summed E-state index contributed by atoms with van der Waals surface area (Å²) in [4.78, 5) is 54.4. The molecule has 8 nitrogen and oxygen atoms in total. The van der Waals surface area contributed by atoms with Gasteiger partial charge in [-0.2, -0.15) is 0 Å². The molecule has 1 atom stereocenters. The average Bonchev–Trinajstić information content (AvgIpc) is 3.29. The number of hydrogen-bond acceptors (Lipinski definition) is 6. The zero-order valence-electron chi connectivity index (χ0n) is 23.6. The van der Waals surface area contributed by atoms with Gasteiger partial charge in [-0.3, -0.25) is 19.2 Å². The first kappa shape index (κ1) is 32.3. The van der Waals surface area contributed by atoms with Crippen LogP contribution in [0.1, 0.15) is 22.3 Å². The van der Waals surface area contributed by atoms with E-state index in [0.29, 0.717) is 27.6 Å². The summed E-state index contributed by atoms with van der Waals surface area (Å²) in [6, 6.07) is 25.4. The van der Waals surface area contributed by atoms with E-state index >= 15 is 0 Å². The summed E-state index contributed by atoms with van der Waals surface area (Å²) in [5.74, 6) is -1.41. The highest BCUT2D eigenvalue weighted by Gasteiger charge is 2.40. The lowest BCUT2D eigenvalue weighted by Crippen LogP contribution is -2.31. The lowest BCUT2D eigenvalue weighted by Gasteiger charge is -2.16. The highest BCUT2D eigenvalue weighted by Crippen LogP contribution is 2.37. The van der Waals surface area contributed by atoms with E-state index in [-0.39, 0.29) is 39.5 Å². The van der Waals surface area contributed by atoms with Crippen LogP contribution in [0.15, 0.2) is 106 Å². The first-order valence-corrected chi connectivity index (χ1v) is 15.9. The topological polar surface area (TPSA) is 105 Å². The molecule has 5 rings (SSSR count). The minimum absolute atomic E-state index is 0.00210. The number of methoxy groups -OCH3 is 1. The average molecular weight is 725 g/mol. The van der Waals surface area contributed by atoms with Crippen molar-refractivity contribution in [1.82, 2.24) is 5.32 Å². The number of carbonyl (C=O) groups is 4. The van der Waals surface area contributed by atoms with Crippen LogP contribution in [-0.4, -0.2) is 36.0 Å². The van der Waals surface area contributed by atoms with Crippen LogP contribution in [0.5, 0.6) is 5.75 Å². The molecular weight excluding hydrogens is 701 g/mol. The predicted molar refractivity (Wildman–Crippen MR) is 181 cm³/mol. The molecule has 0 radical (unpaired) electrons. The molecular formula is C33H24BrCl2N3O5S. The van der Waals surface area contributed by atoms with Gasteiger partial charge in [0.15, 0.2) is 0 Å². The summed E-state index contributed by atoms with van der Waals surface area (Å²) in [6.07, 6.45) is 1.55. The van der Waals surface area contributed by atoms with Gasteiger partial charge in [0.05, 0.1) is 33.7 Å². The van der Waals surface area contributed by atoms with Gasteiger partial charge in [-0.25, -0.2) is 4.90 Å². The number of nitrogens with one attached hydrogen (secondary N) is 2. The largest absolute Gasteiger partial charge is 0.495 e. The van der Waals surface area contributed by atoms with Gasteiger partial charge >= 0.3 is 0 Å². The Hall–Kier alpha value is -4.09. The second-order valence-electron chi connectivity index (χ2n) is 9.72. The van der Waals surface area contributed by atoms with Crippen LogP contribution in [0.4, 0.5) is 11.4 Å². The number of amides is 4. The number of rotatable bonds is 9. The van der Waals surface area contributed by atoms with Crippen molar-refractivity contribution in [2.24, 2.45) is 0 Å². The number of hydrogen-bond donors (Lipinski definition) is 2. The Labute approximate surface area is 281 Å². The van der Waals surface area contributed by atoms with Gasteiger partial charge in [-0.15, -0.1) is 11.8 Å². The van der Waals surface area contributed by atoms with Crippen LogP contribution >= 0.6 is 50.9 Å². The van der Waals surface area contributed by atoms with Gasteiger partial charge in [0, 0.05) is 21.5 Å². The van der Waals surface area contributed by atoms with Crippen LogP contribution < -0.4 is 20.3 Å². The van der Waals surface area contributed by atoms with E-state index in [9.17, 15) is 19.2 Å². The normalized spacial score (nSPS) is 14.8. The van der Waals surface area contributed by atoms with E-state index in [1.165, 1.54) is 24.9 Å². The molecule has 1 saturated heterocycles. The number of nitrogens with zero attached hydrogens (tertiary/aromatic N) is 1. The monoisotopic (exact) mass is 723 g/mol. The summed E-state index contributed by atoms with van der Waals surface area (Å²) in [5, 5.41) is 5.35. The summed E-state index contributed by atoms with van der Waals surface area (Å²) >= 11 is 17.0. The van der Waals surface area contributed by atoms with E-state index < -0.39 is 17.1 Å². The van der Waals surface area contributed by atoms with Crippen LogP contribution in [0, 0.1) is 0 Å². The molecule has 4 amide bonds. The lowest BCUT2D eigenvalue weighted by atomic mass is 10.1. The second kappa shape index (κ2) is 14.3. The maximum atomic E-state index is 13.5. The van der Waals surface area contributed by atoms with Crippen molar-refractivity contribution in [2.75, 3.05) is 17.3 Å². The SMILES string of the molecule is COc1ccc(N2C(=O)C[C@@H](Sc3cccc(NC(=O)/C(=C/c4ccc(Br)cc4)NC(=O)c4ccccc4Cl)c3)C2=O)cc1Cl. The Bertz CT molecular complexity index is 1830. The van der Waals surface area contributed by atoms with Crippen molar-refractivity contribution in [3.63, 3.8) is 0 Å². The maximum absolute atomic E-state index is 13.5. The van der Waals surface area contributed by atoms with Gasteiger partial charge < -0.3 is 15.4 Å². The van der Waals surface area contributed by atoms with Crippen LogP contribution in [0.2, 0.25) is 10.0 Å². The second-order valence-corrected chi connectivity index (χ2v) is 12.7. The molecule has 2 N–H and O–H groups in total. The predicted octanol–water partition coefficient (Wildman–Crippen LogP) is 7.60. The molecule has 0 aromatic heterocycles. The lowest BCUT2D eigenvalue weighted by molar-refractivity contribution is -0.121. The first-order chi connectivity index (χ1) is 21.6. The van der Waals surface area contributed by atoms with E-state index in [1.807, 2.05) is 12.1 Å². The van der Waals surface area contributed by atoms with Crippen LogP contribution in [-0.2, 0) is 14.4 Å². The number of ether oxygens (including phenoxy) is 1. The van der Waals surface area contributed by atoms with E-state index in [4.69, 9.17) is 27.9 Å². The summed E-state index contributed by atoms with van der Waals surface area (Å²) in [5.41, 5.74) is 1.68. The van der Waals surface area contributed by atoms with E-state index in [2.05, 4.69) is 26.6 Å². The fourth-order valence-corrected chi connectivity index (χ4v) is 6.34. The third kappa shape index (κ3) is 7.77. The standard InChI is InChI=1S/C33H24BrCl2N3O5S/c1-44-28-14-13-22(17-26(28)36)39-30(40)18-29(33(39)43)45-23-6-4-5-21(16-23)37-32(42)27(15-19-9-11-20(34)12-10-19)38-31(41)24-7-2-3-8-25(24)35/h2-17,29H,18H2,1H3,(H,37,42)(H,38,41)/b27-15-/t29-/m1/s1. The molecule has 0 unspecified atom stereocenters. The molecule has 45 heavy (non-hydrogen) atoms. The van der Waals surface area contributed by atoms with Gasteiger partial charge in [0.25, 0.3) is 11.8 Å². The van der Waals surface area contributed by atoms with Crippen molar-refractivity contribution in [3.05, 3.63) is 122 Å². The van der Waals surface area contributed by atoms with Gasteiger partial charge in [-0.1, -0.05) is 69.5 Å². The molecule has 1 aliphatic rings. The number of thioether (sulfide) groups is 1. The zero-order chi connectivity index (χ0) is 32.1. The Balaban J connectivity index is 1.33. The molecule has 1 aliphatic heterocycles. The molecule has 0 saturated carbocycles. The van der Waals surface area contributed by atoms with Crippen LogP contribution in [0.3, 0.4) is 0 Å². The molecule has 0 bridgehead atoms. The third-order valence-electron chi connectivity index (χ3n) is 6.66. The molecule has 0 aliphatic carbocycles. The first-order valence-electron chi connectivity index (χ1n) is 13.4. The maximum Gasteiger partial charge on any atom is 0.272 e. The minimum Gasteiger partial charge on any atom is -0.495 e. The highest BCUT2D eigenvalue weighted by atomic mass is 79.9. The molecule has 12 heteroatoms. The van der Waals surface area contributed by atoms with Gasteiger partial charge in [-0.05, 0) is 72.3 Å². The number of carbonyl (C=O) groups excluding carboxylic acids is 4. The van der Waals surface area contributed by atoms with E-state index in [0.717, 1.165) is 9.37 Å². The smallest absolute Gasteiger partial charge is 0.272 e. The fraction of sp³-hybridized carbons (Fsp3) is 0.0909. The number of imide groups is 1. The van der Waals surface area contributed by atoms with Crippen LogP contribution in [0.25, 0.3) is 6.08 Å². The zero-order valence-corrected chi connectivity index (χ0v) is 27.5. The molecule has 4 aromatic carbocycles. The quantitative estimate of drug-likeness (QED) is 0.136. The Morgan fingerprint density at radius 2 is 1.71 bits per heavy atom. The summed E-state index contributed by atoms with van der Waals surface area (Å²) < 4.78 is 6.02. The summed E-state index contributed by atoms with van der Waals surface area (Å²) in [6.45, 7) is 0. The van der Waals surface area contributed by atoms with Gasteiger partial charge in [0.1, 0.15) is 11.4 Å². The third-order valence-corrected chi connectivity index (χ3v) is 8.99. The number of benzene rings is 4. The highest BCUT2D eigenvalue weighted by molar-refractivity contribution is 9.10. The Morgan fingerprint density at radius 1 is 0.956 bits per heavy atom. The van der Waals surface area contributed by atoms with Crippen molar-refractivity contribution in [2.45, 2.75) is 16.6 Å². The van der Waals surface area contributed by atoms with E-state index in [1.54, 1.807) is 78.9 Å². The molecule has 1 fully saturated rings. The Morgan fingerprint density at radius 3 is 2.42 bits per heavy atom. The molecule has 1 heterocycles. The molecule has 0 spiro atoms. The molecule has 4 aromatic rings. The van der Waals surface area contributed by atoms with Crippen molar-refractivity contribution in [1.29, 1.82) is 0 Å². The number of anilines is 2. The Kier molecular flexibility index (Phi) is 10.3. The summed E-state index contributed by atoms with van der Waals surface area (Å²) in [7, 11) is 1.48. The van der Waals surface area contributed by atoms with Gasteiger partial charge in [0.2, 0.25) is 11.8 Å². The van der Waals surface area contributed by atoms with Crippen molar-refractivity contribution >= 4 is 92.0 Å².